The number of amides is 1. The van der Waals surface area contributed by atoms with Crippen LogP contribution in [0.2, 0.25) is 0 Å². The third-order valence-electron chi connectivity index (χ3n) is 2.07. The Morgan fingerprint density at radius 2 is 1.90 bits per heavy atom. The molecule has 1 amide bonds. The van der Waals surface area contributed by atoms with Gasteiger partial charge in [0.1, 0.15) is 16.9 Å². The molecule has 1 rings (SSSR count). The number of rotatable bonds is 4. The SMILES string of the molecule is CC(C)(C)OC(=O)Nc1ccc(OC(F)F)c(C(=O)O)c1. The van der Waals surface area contributed by atoms with Crippen LogP contribution in [-0.2, 0) is 4.74 Å². The molecule has 0 radical (unpaired) electrons. The van der Waals surface area contributed by atoms with Crippen LogP contribution in [0.25, 0.3) is 0 Å². The van der Waals surface area contributed by atoms with Crippen molar-refractivity contribution in [2.24, 2.45) is 0 Å². The lowest BCUT2D eigenvalue weighted by molar-refractivity contribution is -0.0503. The Hall–Kier alpha value is -2.38. The van der Waals surface area contributed by atoms with Crippen molar-refractivity contribution in [1.82, 2.24) is 0 Å². The van der Waals surface area contributed by atoms with Gasteiger partial charge in [0.2, 0.25) is 0 Å². The van der Waals surface area contributed by atoms with E-state index in [2.05, 4.69) is 10.1 Å². The molecule has 2 N–H and O–H groups in total. The Labute approximate surface area is 119 Å². The first-order valence-electron chi connectivity index (χ1n) is 5.90. The Bertz CT molecular complexity index is 540. The second-order valence-corrected chi connectivity index (χ2v) is 5.02. The summed E-state index contributed by atoms with van der Waals surface area (Å²) in [5, 5.41) is 11.3. The van der Waals surface area contributed by atoms with E-state index in [1.807, 2.05) is 0 Å². The molecule has 0 atom stereocenters. The highest BCUT2D eigenvalue weighted by molar-refractivity contribution is 5.94. The highest BCUT2D eigenvalue weighted by Crippen LogP contribution is 2.25. The van der Waals surface area contributed by atoms with Gasteiger partial charge in [-0.15, -0.1) is 0 Å². The van der Waals surface area contributed by atoms with Crippen LogP contribution in [0.15, 0.2) is 18.2 Å². The van der Waals surface area contributed by atoms with E-state index in [4.69, 9.17) is 9.84 Å². The van der Waals surface area contributed by atoms with Crippen molar-refractivity contribution in [2.75, 3.05) is 5.32 Å². The number of halogens is 2. The minimum Gasteiger partial charge on any atom is -0.478 e. The molecule has 0 unspecified atom stereocenters. The summed E-state index contributed by atoms with van der Waals surface area (Å²) in [6, 6.07) is 3.26. The smallest absolute Gasteiger partial charge is 0.412 e. The summed E-state index contributed by atoms with van der Waals surface area (Å²) < 4.78 is 33.4. The number of hydrogen-bond acceptors (Lipinski definition) is 4. The predicted octanol–water partition coefficient (Wildman–Crippen LogP) is 3.33. The number of nitrogens with one attached hydrogen (secondary N) is 1. The maximum atomic E-state index is 12.2. The van der Waals surface area contributed by atoms with E-state index in [-0.39, 0.29) is 5.69 Å². The van der Waals surface area contributed by atoms with E-state index >= 15 is 0 Å². The van der Waals surface area contributed by atoms with Crippen LogP contribution in [0.1, 0.15) is 31.1 Å². The maximum Gasteiger partial charge on any atom is 0.412 e. The number of benzene rings is 1. The molecular weight excluding hydrogens is 288 g/mol. The van der Waals surface area contributed by atoms with Gasteiger partial charge < -0.3 is 14.6 Å². The van der Waals surface area contributed by atoms with E-state index in [0.717, 1.165) is 12.1 Å². The van der Waals surface area contributed by atoms with Gasteiger partial charge in [0.25, 0.3) is 0 Å². The molecule has 0 saturated carbocycles. The lowest BCUT2D eigenvalue weighted by Crippen LogP contribution is -2.27. The first-order valence-corrected chi connectivity index (χ1v) is 5.90. The van der Waals surface area contributed by atoms with Crippen LogP contribution in [0.5, 0.6) is 5.75 Å². The zero-order valence-electron chi connectivity index (χ0n) is 11.6. The molecule has 0 saturated heterocycles. The van der Waals surface area contributed by atoms with Gasteiger partial charge in [-0.05, 0) is 39.0 Å². The number of carbonyl (C=O) groups excluding carboxylic acids is 1. The predicted molar refractivity (Wildman–Crippen MR) is 69.9 cm³/mol. The highest BCUT2D eigenvalue weighted by atomic mass is 19.3. The molecule has 0 bridgehead atoms. The minimum absolute atomic E-state index is 0.0864. The summed E-state index contributed by atoms with van der Waals surface area (Å²) in [4.78, 5) is 22.5. The molecule has 0 aliphatic carbocycles. The van der Waals surface area contributed by atoms with Gasteiger partial charge in [-0.1, -0.05) is 0 Å². The van der Waals surface area contributed by atoms with Gasteiger partial charge in [0.15, 0.2) is 0 Å². The summed E-state index contributed by atoms with van der Waals surface area (Å²) in [5.41, 5.74) is -1.13. The van der Waals surface area contributed by atoms with Crippen molar-refractivity contribution in [3.8, 4) is 5.75 Å². The number of hydrogen-bond donors (Lipinski definition) is 2. The molecule has 116 valence electrons. The normalized spacial score (nSPS) is 11.1. The monoisotopic (exact) mass is 303 g/mol. The molecule has 0 fully saturated rings. The number of carbonyl (C=O) groups is 2. The lowest BCUT2D eigenvalue weighted by atomic mass is 10.2. The number of anilines is 1. The van der Waals surface area contributed by atoms with Crippen molar-refractivity contribution < 1.29 is 33.0 Å². The standard InChI is InChI=1S/C13H15F2NO5/c1-13(2,3)21-12(19)16-7-4-5-9(20-11(14)15)8(6-7)10(17)18/h4-6,11H,1-3H3,(H,16,19)(H,17,18). The number of aromatic carboxylic acids is 1. The van der Waals surface area contributed by atoms with Crippen molar-refractivity contribution >= 4 is 17.7 Å². The van der Waals surface area contributed by atoms with Crippen molar-refractivity contribution in [3.63, 3.8) is 0 Å². The fourth-order valence-electron chi connectivity index (χ4n) is 1.40. The summed E-state index contributed by atoms with van der Waals surface area (Å²) >= 11 is 0. The quantitative estimate of drug-likeness (QED) is 0.891. The van der Waals surface area contributed by atoms with Gasteiger partial charge in [-0.2, -0.15) is 8.78 Å². The van der Waals surface area contributed by atoms with Gasteiger partial charge >= 0.3 is 18.7 Å². The number of carboxylic acid groups (broad SMARTS) is 1. The van der Waals surface area contributed by atoms with E-state index in [0.29, 0.717) is 0 Å². The number of carboxylic acids is 1. The third kappa shape index (κ3) is 5.64. The van der Waals surface area contributed by atoms with E-state index in [1.54, 1.807) is 20.8 Å². The van der Waals surface area contributed by atoms with Crippen LogP contribution in [-0.4, -0.2) is 29.4 Å². The zero-order chi connectivity index (χ0) is 16.2. The molecule has 6 nitrogen and oxygen atoms in total. The topological polar surface area (TPSA) is 84.9 Å². The van der Waals surface area contributed by atoms with E-state index in [1.165, 1.54) is 6.07 Å². The van der Waals surface area contributed by atoms with Crippen LogP contribution in [0.4, 0.5) is 19.3 Å². The fraction of sp³-hybridized carbons (Fsp3) is 0.385. The molecule has 0 aromatic heterocycles. The largest absolute Gasteiger partial charge is 0.478 e. The first kappa shape index (κ1) is 16.7. The molecule has 0 aliphatic heterocycles. The highest BCUT2D eigenvalue weighted by Gasteiger charge is 2.19. The maximum absolute atomic E-state index is 12.2. The molecule has 21 heavy (non-hydrogen) atoms. The van der Waals surface area contributed by atoms with Gasteiger partial charge in [-0.3, -0.25) is 5.32 Å². The fourth-order valence-corrected chi connectivity index (χ4v) is 1.40. The van der Waals surface area contributed by atoms with E-state index < -0.39 is 35.6 Å². The van der Waals surface area contributed by atoms with Crippen molar-refractivity contribution in [3.05, 3.63) is 23.8 Å². The van der Waals surface area contributed by atoms with Crippen molar-refractivity contribution in [2.45, 2.75) is 33.0 Å². The number of alkyl halides is 2. The van der Waals surface area contributed by atoms with Crippen LogP contribution < -0.4 is 10.1 Å². The summed E-state index contributed by atoms with van der Waals surface area (Å²) in [6.07, 6.45) is -0.790. The molecular formula is C13H15F2NO5. The van der Waals surface area contributed by atoms with Gasteiger partial charge in [0.05, 0.1) is 0 Å². The Balaban J connectivity index is 2.93. The summed E-state index contributed by atoms with van der Waals surface area (Å²) in [6.45, 7) is 1.84. The number of ether oxygens (including phenoxy) is 2. The summed E-state index contributed by atoms with van der Waals surface area (Å²) in [7, 11) is 0. The Morgan fingerprint density at radius 1 is 1.29 bits per heavy atom. The average molecular weight is 303 g/mol. The van der Waals surface area contributed by atoms with Crippen LogP contribution >= 0.6 is 0 Å². The minimum atomic E-state index is -3.15. The van der Waals surface area contributed by atoms with E-state index in [9.17, 15) is 18.4 Å². The molecule has 1 aromatic carbocycles. The molecule has 0 aliphatic rings. The molecule has 1 aromatic rings. The third-order valence-corrected chi connectivity index (χ3v) is 2.07. The summed E-state index contributed by atoms with van der Waals surface area (Å²) in [5.74, 6) is -1.95. The molecule has 8 heteroatoms. The Morgan fingerprint density at radius 3 is 2.38 bits per heavy atom. The molecule has 0 spiro atoms. The van der Waals surface area contributed by atoms with Crippen LogP contribution in [0.3, 0.4) is 0 Å². The second kappa shape index (κ2) is 6.38. The van der Waals surface area contributed by atoms with Gasteiger partial charge in [-0.25, -0.2) is 9.59 Å². The van der Waals surface area contributed by atoms with Gasteiger partial charge in [0, 0.05) is 5.69 Å². The zero-order valence-corrected chi connectivity index (χ0v) is 11.6. The second-order valence-electron chi connectivity index (χ2n) is 5.02. The first-order chi connectivity index (χ1) is 9.58. The average Bonchev–Trinajstić information content (AvgIpc) is 2.27. The Kier molecular flexibility index (Phi) is 5.07. The van der Waals surface area contributed by atoms with Crippen molar-refractivity contribution in [1.29, 1.82) is 0 Å². The molecule has 0 heterocycles. The lowest BCUT2D eigenvalue weighted by Gasteiger charge is -2.20. The van der Waals surface area contributed by atoms with Crippen LogP contribution in [0, 0.1) is 0 Å².